The summed E-state index contributed by atoms with van der Waals surface area (Å²) < 4.78 is 13.9. The van der Waals surface area contributed by atoms with Gasteiger partial charge in [-0.1, -0.05) is 6.42 Å². The Kier molecular flexibility index (Phi) is 4.62. The maximum Gasteiger partial charge on any atom is 0.328 e. The highest BCUT2D eigenvalue weighted by atomic mass is 19.1. The Morgan fingerprint density at radius 3 is 2.71 bits per heavy atom. The van der Waals surface area contributed by atoms with Gasteiger partial charge in [0.25, 0.3) is 5.56 Å². The van der Waals surface area contributed by atoms with Gasteiger partial charge in [0.2, 0.25) is 5.82 Å². The van der Waals surface area contributed by atoms with Crippen LogP contribution in [0.1, 0.15) is 25.7 Å². The fourth-order valence-corrected chi connectivity index (χ4v) is 1.38. The first kappa shape index (κ1) is 13.1. The standard InChI is InChI=1S/C10H13FN2O4/c11-7-6-13(10(17)12-9(7)16)5-3-1-2-4-8(14)15/h6H,1-5H2,(H,14,15)(H,12,16,17). The average molecular weight is 244 g/mol. The number of carbonyl (C=O) groups is 1. The third kappa shape index (κ3) is 4.21. The number of nitrogens with zero attached hydrogens (tertiary/aromatic N) is 1. The van der Waals surface area contributed by atoms with Gasteiger partial charge < -0.3 is 5.11 Å². The first-order valence-corrected chi connectivity index (χ1v) is 5.22. The Balaban J connectivity index is 2.47. The second kappa shape index (κ2) is 5.97. The van der Waals surface area contributed by atoms with E-state index >= 15 is 0 Å². The summed E-state index contributed by atoms with van der Waals surface area (Å²) in [6.45, 7) is 0.256. The number of aromatic nitrogens is 2. The number of H-pyrrole nitrogens is 1. The Labute approximate surface area is 95.7 Å². The number of aryl methyl sites for hydroxylation is 1. The van der Waals surface area contributed by atoms with Crippen molar-refractivity contribution in [1.29, 1.82) is 0 Å². The van der Waals surface area contributed by atoms with Crippen molar-refractivity contribution in [3.8, 4) is 0 Å². The number of rotatable bonds is 6. The van der Waals surface area contributed by atoms with E-state index in [-0.39, 0.29) is 13.0 Å². The van der Waals surface area contributed by atoms with Crippen LogP contribution in [0, 0.1) is 5.82 Å². The zero-order valence-electron chi connectivity index (χ0n) is 9.11. The molecule has 6 nitrogen and oxygen atoms in total. The Hall–Kier alpha value is -1.92. The summed E-state index contributed by atoms with van der Waals surface area (Å²) in [4.78, 5) is 34.0. The highest BCUT2D eigenvalue weighted by Gasteiger charge is 2.03. The van der Waals surface area contributed by atoms with Crippen molar-refractivity contribution in [3.63, 3.8) is 0 Å². The summed E-state index contributed by atoms with van der Waals surface area (Å²) in [5, 5.41) is 8.40. The summed E-state index contributed by atoms with van der Waals surface area (Å²) in [6.07, 6.45) is 2.63. The highest BCUT2D eigenvalue weighted by molar-refractivity contribution is 5.66. The van der Waals surface area contributed by atoms with Crippen molar-refractivity contribution in [2.45, 2.75) is 32.2 Å². The van der Waals surface area contributed by atoms with Crippen LogP contribution in [-0.4, -0.2) is 20.6 Å². The monoisotopic (exact) mass is 244 g/mol. The fourth-order valence-electron chi connectivity index (χ4n) is 1.38. The van der Waals surface area contributed by atoms with Gasteiger partial charge in [-0.05, 0) is 12.8 Å². The summed E-state index contributed by atoms with van der Waals surface area (Å²) in [5.74, 6) is -1.87. The molecule has 0 aliphatic carbocycles. The molecular formula is C10H13FN2O4. The second-order valence-corrected chi connectivity index (χ2v) is 3.63. The molecule has 1 rings (SSSR count). The number of nitrogens with one attached hydrogen (secondary N) is 1. The zero-order chi connectivity index (χ0) is 12.8. The van der Waals surface area contributed by atoms with E-state index in [9.17, 15) is 18.8 Å². The molecule has 0 amide bonds. The lowest BCUT2D eigenvalue weighted by Gasteiger charge is -2.04. The van der Waals surface area contributed by atoms with E-state index in [0.29, 0.717) is 19.3 Å². The van der Waals surface area contributed by atoms with Gasteiger partial charge in [-0.2, -0.15) is 4.39 Å². The zero-order valence-corrected chi connectivity index (χ0v) is 9.11. The topological polar surface area (TPSA) is 92.2 Å². The molecule has 0 saturated carbocycles. The molecule has 0 atom stereocenters. The Bertz CT molecular complexity index is 506. The van der Waals surface area contributed by atoms with Gasteiger partial charge in [-0.25, -0.2) is 4.79 Å². The van der Waals surface area contributed by atoms with E-state index < -0.39 is 23.0 Å². The van der Waals surface area contributed by atoms with E-state index in [4.69, 9.17) is 5.11 Å². The predicted molar refractivity (Wildman–Crippen MR) is 57.4 cm³/mol. The molecule has 0 radical (unpaired) electrons. The highest BCUT2D eigenvalue weighted by Crippen LogP contribution is 2.01. The van der Waals surface area contributed by atoms with Crippen LogP contribution in [0.25, 0.3) is 0 Å². The summed E-state index contributed by atoms with van der Waals surface area (Å²) in [6, 6.07) is 0. The molecule has 17 heavy (non-hydrogen) atoms. The Morgan fingerprint density at radius 1 is 1.35 bits per heavy atom. The van der Waals surface area contributed by atoms with Crippen LogP contribution in [0.3, 0.4) is 0 Å². The largest absolute Gasteiger partial charge is 0.481 e. The van der Waals surface area contributed by atoms with Crippen molar-refractivity contribution in [2.24, 2.45) is 0 Å². The first-order valence-electron chi connectivity index (χ1n) is 5.22. The van der Waals surface area contributed by atoms with Crippen LogP contribution in [0.4, 0.5) is 4.39 Å². The number of hydrogen-bond donors (Lipinski definition) is 2. The van der Waals surface area contributed by atoms with Gasteiger partial charge in [0.05, 0.1) is 6.20 Å². The molecule has 94 valence electrons. The van der Waals surface area contributed by atoms with Crippen LogP contribution >= 0.6 is 0 Å². The van der Waals surface area contributed by atoms with Crippen LogP contribution in [0.5, 0.6) is 0 Å². The minimum Gasteiger partial charge on any atom is -0.481 e. The van der Waals surface area contributed by atoms with Crippen LogP contribution in [-0.2, 0) is 11.3 Å². The molecule has 1 aromatic heterocycles. The number of unbranched alkanes of at least 4 members (excludes halogenated alkanes) is 2. The number of carboxylic acids is 1. The molecule has 7 heteroatoms. The lowest BCUT2D eigenvalue weighted by molar-refractivity contribution is -0.137. The van der Waals surface area contributed by atoms with Crippen molar-refractivity contribution < 1.29 is 14.3 Å². The van der Waals surface area contributed by atoms with Crippen molar-refractivity contribution in [3.05, 3.63) is 32.9 Å². The number of aliphatic carboxylic acids is 1. The number of hydrogen-bond acceptors (Lipinski definition) is 3. The predicted octanol–water partition coefficient (Wildman–Crippen LogP) is 0.321. The first-order chi connectivity index (χ1) is 8.00. The maximum absolute atomic E-state index is 12.9. The fraction of sp³-hybridized carbons (Fsp3) is 0.500. The molecule has 0 fully saturated rings. The van der Waals surface area contributed by atoms with E-state index in [2.05, 4.69) is 0 Å². The average Bonchev–Trinajstić information content (AvgIpc) is 2.24. The van der Waals surface area contributed by atoms with Gasteiger partial charge in [0.1, 0.15) is 0 Å². The van der Waals surface area contributed by atoms with Gasteiger partial charge in [0.15, 0.2) is 0 Å². The SMILES string of the molecule is O=C(O)CCCCCn1cc(F)c(=O)[nH]c1=O. The van der Waals surface area contributed by atoms with E-state index in [1.165, 1.54) is 0 Å². The third-order valence-corrected chi connectivity index (χ3v) is 2.26. The molecule has 1 heterocycles. The van der Waals surface area contributed by atoms with Gasteiger partial charge in [-0.3, -0.25) is 19.1 Å². The second-order valence-electron chi connectivity index (χ2n) is 3.63. The normalized spacial score (nSPS) is 10.4. The van der Waals surface area contributed by atoms with Crippen molar-refractivity contribution >= 4 is 5.97 Å². The lowest BCUT2D eigenvalue weighted by Crippen LogP contribution is -2.31. The molecule has 0 aromatic carbocycles. The van der Waals surface area contributed by atoms with Crippen molar-refractivity contribution in [1.82, 2.24) is 9.55 Å². The molecule has 0 spiro atoms. The summed E-state index contributed by atoms with van der Waals surface area (Å²) in [7, 11) is 0. The Morgan fingerprint density at radius 2 is 2.06 bits per heavy atom. The number of carboxylic acid groups (broad SMARTS) is 1. The van der Waals surface area contributed by atoms with Gasteiger partial charge in [-0.15, -0.1) is 0 Å². The lowest BCUT2D eigenvalue weighted by atomic mass is 10.2. The molecular weight excluding hydrogens is 231 g/mol. The molecule has 0 unspecified atom stereocenters. The summed E-state index contributed by atoms with van der Waals surface area (Å²) >= 11 is 0. The van der Waals surface area contributed by atoms with Gasteiger partial charge >= 0.3 is 11.7 Å². The van der Waals surface area contributed by atoms with Crippen LogP contribution in [0.15, 0.2) is 15.8 Å². The number of halogens is 1. The smallest absolute Gasteiger partial charge is 0.328 e. The molecule has 0 aliphatic rings. The molecule has 0 bridgehead atoms. The van der Waals surface area contributed by atoms with Gasteiger partial charge in [0, 0.05) is 13.0 Å². The minimum absolute atomic E-state index is 0.0783. The maximum atomic E-state index is 12.9. The van der Waals surface area contributed by atoms with E-state index in [1.54, 1.807) is 0 Å². The van der Waals surface area contributed by atoms with E-state index in [0.717, 1.165) is 10.8 Å². The minimum atomic E-state index is -1.03. The van der Waals surface area contributed by atoms with E-state index in [1.807, 2.05) is 4.98 Å². The summed E-state index contributed by atoms with van der Waals surface area (Å²) in [5.41, 5.74) is -1.69. The number of aromatic amines is 1. The molecule has 2 N–H and O–H groups in total. The molecule has 1 aromatic rings. The molecule has 0 aliphatic heterocycles. The van der Waals surface area contributed by atoms with Crippen molar-refractivity contribution in [2.75, 3.05) is 0 Å². The quantitative estimate of drug-likeness (QED) is 0.705. The molecule has 0 saturated heterocycles. The van der Waals surface area contributed by atoms with Crippen LogP contribution < -0.4 is 11.2 Å². The van der Waals surface area contributed by atoms with Crippen LogP contribution in [0.2, 0.25) is 0 Å². The third-order valence-electron chi connectivity index (χ3n) is 2.26.